The van der Waals surface area contributed by atoms with Crippen molar-refractivity contribution in [1.29, 1.82) is 5.26 Å². The van der Waals surface area contributed by atoms with Gasteiger partial charge in [0.25, 0.3) is 0 Å². The van der Waals surface area contributed by atoms with Crippen LogP contribution in [-0.4, -0.2) is 22.1 Å². The minimum absolute atomic E-state index is 0.00236. The van der Waals surface area contributed by atoms with Gasteiger partial charge in [0.05, 0.1) is 5.69 Å². The lowest BCUT2D eigenvalue weighted by Crippen LogP contribution is -2.40. The molecule has 0 fully saturated rings. The lowest BCUT2D eigenvalue weighted by Gasteiger charge is -2.20. The van der Waals surface area contributed by atoms with Crippen LogP contribution in [0.2, 0.25) is 0 Å². The highest BCUT2D eigenvalue weighted by Gasteiger charge is 2.22. The quantitative estimate of drug-likeness (QED) is 0.822. The van der Waals surface area contributed by atoms with E-state index >= 15 is 0 Å². The van der Waals surface area contributed by atoms with E-state index in [4.69, 9.17) is 11.0 Å². The lowest BCUT2D eigenvalue weighted by molar-refractivity contribution is -0.119. The van der Waals surface area contributed by atoms with Crippen molar-refractivity contribution in [3.63, 3.8) is 0 Å². The minimum Gasteiger partial charge on any atom is -0.368 e. The molecule has 0 saturated heterocycles. The van der Waals surface area contributed by atoms with Crippen molar-refractivity contribution in [2.45, 2.75) is 33.7 Å². The number of hydrogen-bond acceptors (Lipinski definition) is 5. The molecule has 1 atom stereocenters. The molecule has 1 rings (SSSR count). The number of amides is 1. The Hall–Kier alpha value is -2.16. The SMILES string of the molecule is Cc1nnc(NC(C(N)=O)C(C)C)c(C#N)c1C. The van der Waals surface area contributed by atoms with E-state index in [1.807, 2.05) is 13.8 Å². The maximum Gasteiger partial charge on any atom is 0.240 e. The Morgan fingerprint density at radius 3 is 2.44 bits per heavy atom. The van der Waals surface area contributed by atoms with Crippen LogP contribution < -0.4 is 11.1 Å². The largest absolute Gasteiger partial charge is 0.368 e. The van der Waals surface area contributed by atoms with Crippen molar-refractivity contribution < 1.29 is 4.79 Å². The van der Waals surface area contributed by atoms with Gasteiger partial charge >= 0.3 is 0 Å². The first-order valence-electron chi connectivity index (χ1n) is 5.68. The number of rotatable bonds is 4. The van der Waals surface area contributed by atoms with Gasteiger partial charge < -0.3 is 11.1 Å². The number of aromatic nitrogens is 2. The summed E-state index contributed by atoms with van der Waals surface area (Å²) in [6.45, 7) is 7.30. The highest BCUT2D eigenvalue weighted by Crippen LogP contribution is 2.19. The second-order valence-electron chi connectivity index (χ2n) is 4.51. The Kier molecular flexibility index (Phi) is 4.21. The van der Waals surface area contributed by atoms with E-state index in [0.29, 0.717) is 17.1 Å². The highest BCUT2D eigenvalue weighted by molar-refractivity contribution is 5.83. The molecule has 0 spiro atoms. The van der Waals surface area contributed by atoms with Crippen molar-refractivity contribution in [3.05, 3.63) is 16.8 Å². The smallest absolute Gasteiger partial charge is 0.240 e. The topological polar surface area (TPSA) is 105 Å². The molecule has 1 aromatic heterocycles. The molecule has 96 valence electrons. The number of hydrogen-bond donors (Lipinski definition) is 2. The van der Waals surface area contributed by atoms with Crippen LogP contribution in [0.1, 0.15) is 30.7 Å². The Balaban J connectivity index is 3.16. The number of aryl methyl sites for hydroxylation is 1. The van der Waals surface area contributed by atoms with Crippen LogP contribution >= 0.6 is 0 Å². The van der Waals surface area contributed by atoms with Crippen molar-refractivity contribution in [2.75, 3.05) is 5.32 Å². The molecule has 1 unspecified atom stereocenters. The van der Waals surface area contributed by atoms with Gasteiger partial charge in [-0.3, -0.25) is 4.79 Å². The van der Waals surface area contributed by atoms with Crippen LogP contribution in [0.15, 0.2) is 0 Å². The van der Waals surface area contributed by atoms with Gasteiger partial charge in [0.1, 0.15) is 17.7 Å². The molecule has 18 heavy (non-hydrogen) atoms. The summed E-state index contributed by atoms with van der Waals surface area (Å²) in [6, 6.07) is 1.50. The first-order chi connectivity index (χ1) is 8.38. The van der Waals surface area contributed by atoms with E-state index in [9.17, 15) is 4.79 Å². The predicted molar refractivity (Wildman–Crippen MR) is 67.7 cm³/mol. The summed E-state index contributed by atoms with van der Waals surface area (Å²) >= 11 is 0. The molecule has 0 aromatic carbocycles. The van der Waals surface area contributed by atoms with Crippen molar-refractivity contribution >= 4 is 11.7 Å². The van der Waals surface area contributed by atoms with Crippen LogP contribution in [-0.2, 0) is 4.79 Å². The Morgan fingerprint density at radius 1 is 1.39 bits per heavy atom. The molecule has 1 amide bonds. The number of nitriles is 1. The van der Waals surface area contributed by atoms with E-state index < -0.39 is 11.9 Å². The first kappa shape index (κ1) is 13.9. The van der Waals surface area contributed by atoms with Crippen LogP contribution in [0.4, 0.5) is 5.82 Å². The molecule has 6 nitrogen and oxygen atoms in total. The fourth-order valence-corrected chi connectivity index (χ4v) is 1.56. The molecule has 1 aromatic rings. The van der Waals surface area contributed by atoms with Gasteiger partial charge in [0, 0.05) is 0 Å². The van der Waals surface area contributed by atoms with Gasteiger partial charge in [-0.2, -0.15) is 10.4 Å². The molecule has 1 heterocycles. The van der Waals surface area contributed by atoms with Gasteiger partial charge in [-0.25, -0.2) is 0 Å². The summed E-state index contributed by atoms with van der Waals surface area (Å²) in [4.78, 5) is 11.3. The standard InChI is InChI=1S/C12H17N5O/c1-6(2)10(11(14)18)15-12-9(5-13)7(3)8(4)16-17-12/h6,10H,1-4H3,(H2,14,18)(H,15,17). The van der Waals surface area contributed by atoms with E-state index in [-0.39, 0.29) is 5.92 Å². The highest BCUT2D eigenvalue weighted by atomic mass is 16.1. The third-order valence-corrected chi connectivity index (χ3v) is 2.83. The molecule has 0 saturated carbocycles. The van der Waals surface area contributed by atoms with Crippen LogP contribution in [0, 0.1) is 31.1 Å². The Morgan fingerprint density at radius 2 is 2.00 bits per heavy atom. The number of carbonyl (C=O) groups is 1. The maximum atomic E-state index is 11.3. The summed E-state index contributed by atoms with van der Waals surface area (Å²) in [7, 11) is 0. The summed E-state index contributed by atoms with van der Waals surface area (Å²) in [5.74, 6) is -0.176. The molecule has 0 aliphatic heterocycles. The van der Waals surface area contributed by atoms with Crippen molar-refractivity contribution in [1.82, 2.24) is 10.2 Å². The summed E-state index contributed by atoms with van der Waals surface area (Å²) < 4.78 is 0. The van der Waals surface area contributed by atoms with E-state index in [1.54, 1.807) is 13.8 Å². The zero-order valence-corrected chi connectivity index (χ0v) is 11.0. The molecule has 0 radical (unpaired) electrons. The third kappa shape index (κ3) is 2.74. The van der Waals surface area contributed by atoms with Gasteiger partial charge in [0.15, 0.2) is 5.82 Å². The molecular formula is C12H17N5O. The molecule has 0 aliphatic rings. The minimum atomic E-state index is -0.575. The molecule has 6 heteroatoms. The molecule has 0 aliphatic carbocycles. The van der Waals surface area contributed by atoms with Gasteiger partial charge in [0.2, 0.25) is 5.91 Å². The van der Waals surface area contributed by atoms with Crippen LogP contribution in [0.5, 0.6) is 0 Å². The number of carbonyl (C=O) groups excluding carboxylic acids is 1. The Bertz CT molecular complexity index is 504. The summed E-state index contributed by atoms with van der Waals surface area (Å²) in [5, 5.41) is 19.9. The number of nitrogens with two attached hydrogens (primary N) is 1. The van der Waals surface area contributed by atoms with E-state index in [1.165, 1.54) is 0 Å². The normalized spacial score (nSPS) is 12.0. The van der Waals surface area contributed by atoms with Crippen molar-refractivity contribution in [2.24, 2.45) is 11.7 Å². The average molecular weight is 247 g/mol. The van der Waals surface area contributed by atoms with Crippen LogP contribution in [0.3, 0.4) is 0 Å². The lowest BCUT2D eigenvalue weighted by atomic mass is 10.0. The van der Waals surface area contributed by atoms with Gasteiger partial charge in [-0.1, -0.05) is 13.8 Å². The summed E-state index contributed by atoms with van der Waals surface area (Å²) in [6.07, 6.45) is 0. The zero-order chi connectivity index (χ0) is 13.9. The van der Waals surface area contributed by atoms with E-state index in [2.05, 4.69) is 21.6 Å². The number of nitrogens with one attached hydrogen (secondary N) is 1. The fourth-order valence-electron chi connectivity index (χ4n) is 1.56. The molecule has 3 N–H and O–H groups in total. The predicted octanol–water partition coefficient (Wildman–Crippen LogP) is 0.887. The van der Waals surface area contributed by atoms with Gasteiger partial charge in [-0.05, 0) is 25.3 Å². The van der Waals surface area contributed by atoms with Crippen molar-refractivity contribution in [3.8, 4) is 6.07 Å². The average Bonchev–Trinajstić information content (AvgIpc) is 2.29. The Labute approximate surface area is 106 Å². The fraction of sp³-hybridized carbons (Fsp3) is 0.500. The third-order valence-electron chi connectivity index (χ3n) is 2.83. The van der Waals surface area contributed by atoms with Gasteiger partial charge in [-0.15, -0.1) is 5.10 Å². The number of nitrogens with zero attached hydrogens (tertiary/aromatic N) is 3. The number of anilines is 1. The second kappa shape index (κ2) is 5.45. The summed E-state index contributed by atoms with van der Waals surface area (Å²) in [5.41, 5.74) is 7.15. The van der Waals surface area contributed by atoms with E-state index in [0.717, 1.165) is 5.56 Å². The van der Waals surface area contributed by atoms with Crippen LogP contribution in [0.25, 0.3) is 0 Å². The zero-order valence-electron chi connectivity index (χ0n) is 11.0. The molecule has 0 bridgehead atoms. The number of primary amides is 1. The second-order valence-corrected chi connectivity index (χ2v) is 4.51. The first-order valence-corrected chi connectivity index (χ1v) is 5.68. The molecular weight excluding hydrogens is 230 g/mol. The monoisotopic (exact) mass is 247 g/mol. The maximum absolute atomic E-state index is 11.3.